The summed E-state index contributed by atoms with van der Waals surface area (Å²) in [7, 11) is 1.60. The molecule has 9 heteroatoms. The molecule has 0 aliphatic rings. The van der Waals surface area contributed by atoms with Crippen molar-refractivity contribution in [3.63, 3.8) is 0 Å². The molecule has 0 bridgehead atoms. The van der Waals surface area contributed by atoms with Crippen LogP contribution in [0, 0.1) is 0 Å². The molecular weight excluding hydrogens is 410 g/mol. The molecule has 0 radical (unpaired) electrons. The van der Waals surface area contributed by atoms with Crippen molar-refractivity contribution < 1.29 is 23.8 Å². The van der Waals surface area contributed by atoms with Crippen molar-refractivity contribution in [2.24, 2.45) is 0 Å². The maximum absolute atomic E-state index is 13.2. The van der Waals surface area contributed by atoms with Crippen LogP contribution in [-0.2, 0) is 11.3 Å². The Morgan fingerprint density at radius 2 is 2.07 bits per heavy atom. The number of amides is 1. The normalized spacial score (nSPS) is 11.4. The molecule has 0 saturated carbocycles. The van der Waals surface area contributed by atoms with E-state index in [1.807, 2.05) is 24.5 Å². The zero-order valence-corrected chi connectivity index (χ0v) is 17.8. The van der Waals surface area contributed by atoms with E-state index in [4.69, 9.17) is 25.9 Å². The SMILES string of the molecule is COCCCN(Cc1ccc(C(=O)O)o1)C(=O)c1ccc2c(c1)nc(Cl)n2C(C)C. The van der Waals surface area contributed by atoms with Gasteiger partial charge in [-0.1, -0.05) is 0 Å². The molecule has 160 valence electrons. The monoisotopic (exact) mass is 433 g/mol. The number of rotatable bonds is 9. The molecule has 2 aromatic heterocycles. The van der Waals surface area contributed by atoms with Crippen LogP contribution in [0.2, 0.25) is 5.28 Å². The fourth-order valence-corrected chi connectivity index (χ4v) is 3.67. The van der Waals surface area contributed by atoms with Crippen LogP contribution >= 0.6 is 11.6 Å². The van der Waals surface area contributed by atoms with Crippen molar-refractivity contribution in [3.8, 4) is 0 Å². The number of carboxylic acids is 1. The summed E-state index contributed by atoms with van der Waals surface area (Å²) < 4.78 is 12.3. The molecule has 3 aromatic rings. The van der Waals surface area contributed by atoms with E-state index >= 15 is 0 Å². The largest absolute Gasteiger partial charge is 0.475 e. The highest BCUT2D eigenvalue weighted by Crippen LogP contribution is 2.25. The third kappa shape index (κ3) is 4.66. The fraction of sp³-hybridized carbons (Fsp3) is 0.381. The van der Waals surface area contributed by atoms with Gasteiger partial charge in [0.1, 0.15) is 5.76 Å². The topological polar surface area (TPSA) is 97.8 Å². The highest BCUT2D eigenvalue weighted by molar-refractivity contribution is 6.29. The predicted octanol–water partition coefficient (Wildman–Crippen LogP) is 4.24. The number of hydrogen-bond acceptors (Lipinski definition) is 5. The standard InChI is InChI=1S/C21H24ClN3O5/c1-13(2)25-17-7-5-14(11-16(17)23-21(25)22)19(26)24(9-4-10-29-3)12-15-6-8-18(30-15)20(27)28/h5-8,11,13H,4,9-10,12H2,1-3H3,(H,27,28). The number of ether oxygens (including phenoxy) is 1. The zero-order chi connectivity index (χ0) is 21.8. The number of benzene rings is 1. The summed E-state index contributed by atoms with van der Waals surface area (Å²) in [5.41, 5.74) is 1.96. The number of carbonyl (C=O) groups is 2. The average Bonchev–Trinajstić information content (AvgIpc) is 3.29. The number of furan rings is 1. The molecule has 2 heterocycles. The van der Waals surface area contributed by atoms with Gasteiger partial charge in [-0.25, -0.2) is 9.78 Å². The number of hydrogen-bond donors (Lipinski definition) is 1. The fourth-order valence-electron chi connectivity index (χ4n) is 3.29. The number of imidazole rings is 1. The first-order valence-electron chi connectivity index (χ1n) is 9.59. The molecule has 1 N–H and O–H groups in total. The Kier molecular flexibility index (Phi) is 6.79. The van der Waals surface area contributed by atoms with E-state index < -0.39 is 5.97 Å². The summed E-state index contributed by atoms with van der Waals surface area (Å²) in [6, 6.07) is 8.38. The van der Waals surface area contributed by atoms with Gasteiger partial charge >= 0.3 is 5.97 Å². The third-order valence-electron chi connectivity index (χ3n) is 4.69. The maximum Gasteiger partial charge on any atom is 0.371 e. The Balaban J connectivity index is 1.88. The van der Waals surface area contributed by atoms with Crippen LogP contribution in [0.25, 0.3) is 11.0 Å². The number of aromatic nitrogens is 2. The lowest BCUT2D eigenvalue weighted by Gasteiger charge is -2.22. The van der Waals surface area contributed by atoms with Crippen molar-refractivity contribution in [1.29, 1.82) is 0 Å². The van der Waals surface area contributed by atoms with Crippen molar-refractivity contribution in [1.82, 2.24) is 14.5 Å². The average molecular weight is 434 g/mol. The van der Waals surface area contributed by atoms with Crippen molar-refractivity contribution in [2.45, 2.75) is 32.9 Å². The van der Waals surface area contributed by atoms with Crippen LogP contribution in [0.3, 0.4) is 0 Å². The summed E-state index contributed by atoms with van der Waals surface area (Å²) in [5.74, 6) is -1.13. The highest BCUT2D eigenvalue weighted by Gasteiger charge is 2.20. The summed E-state index contributed by atoms with van der Waals surface area (Å²) in [5, 5.41) is 9.42. The summed E-state index contributed by atoms with van der Waals surface area (Å²) in [6.07, 6.45) is 0.630. The minimum atomic E-state index is -1.15. The summed E-state index contributed by atoms with van der Waals surface area (Å²) in [4.78, 5) is 30.2. The Morgan fingerprint density at radius 3 is 2.70 bits per heavy atom. The van der Waals surface area contributed by atoms with Crippen LogP contribution < -0.4 is 0 Å². The second-order valence-electron chi connectivity index (χ2n) is 7.19. The van der Waals surface area contributed by atoms with Crippen LogP contribution in [0.4, 0.5) is 0 Å². The molecule has 0 spiro atoms. The molecule has 1 amide bonds. The molecule has 1 aromatic carbocycles. The van der Waals surface area contributed by atoms with E-state index in [9.17, 15) is 9.59 Å². The Labute approximate surface area is 179 Å². The smallest absolute Gasteiger partial charge is 0.371 e. The number of carboxylic acid groups (broad SMARTS) is 1. The number of methoxy groups -OCH3 is 1. The zero-order valence-electron chi connectivity index (χ0n) is 17.1. The van der Waals surface area contributed by atoms with Crippen LogP contribution in [0.5, 0.6) is 0 Å². The van der Waals surface area contributed by atoms with Gasteiger partial charge in [0.2, 0.25) is 11.0 Å². The van der Waals surface area contributed by atoms with E-state index in [0.29, 0.717) is 41.7 Å². The molecule has 0 aliphatic carbocycles. The second-order valence-corrected chi connectivity index (χ2v) is 7.53. The van der Waals surface area contributed by atoms with E-state index in [1.54, 1.807) is 30.2 Å². The highest BCUT2D eigenvalue weighted by atomic mass is 35.5. The van der Waals surface area contributed by atoms with E-state index in [1.165, 1.54) is 6.07 Å². The number of halogens is 1. The summed E-state index contributed by atoms with van der Waals surface area (Å²) in [6.45, 7) is 5.09. The molecule has 0 aliphatic heterocycles. The number of aromatic carboxylic acids is 1. The van der Waals surface area contributed by atoms with E-state index in [0.717, 1.165) is 5.52 Å². The molecule has 8 nitrogen and oxygen atoms in total. The van der Waals surface area contributed by atoms with Crippen LogP contribution in [0.15, 0.2) is 34.7 Å². The van der Waals surface area contributed by atoms with Gasteiger partial charge in [-0.05, 0) is 62.2 Å². The number of carbonyl (C=O) groups excluding carboxylic acids is 1. The minimum Gasteiger partial charge on any atom is -0.475 e. The molecule has 3 rings (SSSR count). The van der Waals surface area contributed by atoms with Gasteiger partial charge in [0.25, 0.3) is 5.91 Å². The van der Waals surface area contributed by atoms with Gasteiger partial charge in [0.05, 0.1) is 17.6 Å². The Bertz CT molecular complexity index is 1060. The minimum absolute atomic E-state index is 0.136. The van der Waals surface area contributed by atoms with Gasteiger partial charge in [-0.3, -0.25) is 4.79 Å². The predicted molar refractivity (Wildman–Crippen MR) is 112 cm³/mol. The first-order chi connectivity index (χ1) is 14.3. The lowest BCUT2D eigenvalue weighted by Crippen LogP contribution is -2.32. The van der Waals surface area contributed by atoms with Gasteiger partial charge in [-0.2, -0.15) is 0 Å². The lowest BCUT2D eigenvalue weighted by atomic mass is 10.1. The van der Waals surface area contributed by atoms with Gasteiger partial charge in [0, 0.05) is 31.9 Å². The molecule has 0 atom stereocenters. The molecule has 0 fully saturated rings. The van der Waals surface area contributed by atoms with Crippen molar-refractivity contribution >= 4 is 34.5 Å². The van der Waals surface area contributed by atoms with E-state index in [-0.39, 0.29) is 24.3 Å². The number of nitrogens with zero attached hydrogens (tertiary/aromatic N) is 3. The van der Waals surface area contributed by atoms with Crippen molar-refractivity contribution in [3.05, 3.63) is 52.7 Å². The van der Waals surface area contributed by atoms with Crippen LogP contribution in [-0.4, -0.2) is 51.7 Å². The van der Waals surface area contributed by atoms with Gasteiger partial charge < -0.3 is 23.7 Å². The van der Waals surface area contributed by atoms with Gasteiger partial charge in [0.15, 0.2) is 0 Å². The molecule has 0 saturated heterocycles. The summed E-state index contributed by atoms with van der Waals surface area (Å²) >= 11 is 6.26. The first kappa shape index (κ1) is 21.9. The lowest BCUT2D eigenvalue weighted by molar-refractivity contribution is 0.0655. The molecular formula is C21H24ClN3O5. The Hall–Kier alpha value is -2.84. The third-order valence-corrected chi connectivity index (χ3v) is 4.96. The number of fused-ring (bicyclic) bond motifs is 1. The maximum atomic E-state index is 13.2. The van der Waals surface area contributed by atoms with Crippen LogP contribution in [0.1, 0.15) is 53.0 Å². The second kappa shape index (κ2) is 9.32. The van der Waals surface area contributed by atoms with E-state index in [2.05, 4.69) is 4.98 Å². The first-order valence-corrected chi connectivity index (χ1v) is 9.97. The van der Waals surface area contributed by atoms with Gasteiger partial charge in [-0.15, -0.1) is 0 Å². The molecule has 30 heavy (non-hydrogen) atoms. The quantitative estimate of drug-likeness (QED) is 0.507. The Morgan fingerprint density at radius 1 is 1.30 bits per heavy atom. The molecule has 0 unspecified atom stereocenters. The van der Waals surface area contributed by atoms with Crippen molar-refractivity contribution in [2.75, 3.05) is 20.3 Å².